The van der Waals surface area contributed by atoms with Gasteiger partial charge in [0.15, 0.2) is 0 Å². The number of ether oxygens (including phenoxy) is 1. The second-order valence-electron chi connectivity index (χ2n) is 3.28. The molecule has 0 aliphatic carbocycles. The molecular weight excluding hydrogens is 204 g/mol. The highest BCUT2D eigenvalue weighted by Crippen LogP contribution is 2.16. The van der Waals surface area contributed by atoms with Crippen LogP contribution in [0.4, 0.5) is 0 Å². The van der Waals surface area contributed by atoms with Crippen molar-refractivity contribution in [2.45, 2.75) is 20.3 Å². The SMILES string of the molecule is CCOC(=O)CC#Cc1ccc(O)c(C)c1. The van der Waals surface area contributed by atoms with Gasteiger partial charge in [-0.15, -0.1) is 0 Å². The van der Waals surface area contributed by atoms with Crippen LogP contribution in [-0.2, 0) is 9.53 Å². The van der Waals surface area contributed by atoms with E-state index in [0.717, 1.165) is 11.1 Å². The minimum atomic E-state index is -0.314. The van der Waals surface area contributed by atoms with Crippen LogP contribution < -0.4 is 0 Å². The molecule has 84 valence electrons. The van der Waals surface area contributed by atoms with Crippen molar-refractivity contribution in [2.75, 3.05) is 6.61 Å². The number of esters is 1. The molecule has 0 amide bonds. The van der Waals surface area contributed by atoms with E-state index < -0.39 is 0 Å². The molecule has 16 heavy (non-hydrogen) atoms. The zero-order valence-corrected chi connectivity index (χ0v) is 9.41. The highest BCUT2D eigenvalue weighted by Gasteiger charge is 1.97. The highest BCUT2D eigenvalue weighted by atomic mass is 16.5. The maximum absolute atomic E-state index is 11.0. The summed E-state index contributed by atoms with van der Waals surface area (Å²) in [5.41, 5.74) is 1.54. The summed E-state index contributed by atoms with van der Waals surface area (Å²) < 4.78 is 4.74. The molecule has 1 N–H and O–H groups in total. The Morgan fingerprint density at radius 2 is 2.25 bits per heavy atom. The minimum Gasteiger partial charge on any atom is -0.508 e. The maximum atomic E-state index is 11.0. The molecule has 0 bridgehead atoms. The fourth-order valence-electron chi connectivity index (χ4n) is 1.16. The van der Waals surface area contributed by atoms with Gasteiger partial charge < -0.3 is 9.84 Å². The van der Waals surface area contributed by atoms with Crippen LogP contribution in [0.3, 0.4) is 0 Å². The van der Waals surface area contributed by atoms with Gasteiger partial charge in [0.05, 0.1) is 6.61 Å². The van der Waals surface area contributed by atoms with Crippen molar-refractivity contribution in [1.29, 1.82) is 0 Å². The molecule has 3 nitrogen and oxygen atoms in total. The van der Waals surface area contributed by atoms with E-state index in [-0.39, 0.29) is 18.1 Å². The van der Waals surface area contributed by atoms with Crippen LogP contribution in [0.15, 0.2) is 18.2 Å². The number of phenols is 1. The van der Waals surface area contributed by atoms with Gasteiger partial charge in [-0.3, -0.25) is 4.79 Å². The van der Waals surface area contributed by atoms with Crippen LogP contribution in [-0.4, -0.2) is 17.7 Å². The number of carbonyl (C=O) groups is 1. The molecule has 0 aliphatic heterocycles. The van der Waals surface area contributed by atoms with Crippen LogP contribution in [0.5, 0.6) is 5.75 Å². The van der Waals surface area contributed by atoms with Crippen molar-refractivity contribution >= 4 is 5.97 Å². The molecule has 1 aromatic carbocycles. The van der Waals surface area contributed by atoms with E-state index in [1.165, 1.54) is 0 Å². The summed E-state index contributed by atoms with van der Waals surface area (Å²) in [5, 5.41) is 9.31. The standard InChI is InChI=1S/C13H14O3/c1-3-16-13(15)6-4-5-11-7-8-12(14)10(2)9-11/h7-9,14H,3,6H2,1-2H3. The average Bonchev–Trinajstić information content (AvgIpc) is 2.24. The maximum Gasteiger partial charge on any atom is 0.317 e. The third-order valence-electron chi connectivity index (χ3n) is 1.97. The van der Waals surface area contributed by atoms with Crippen molar-refractivity contribution in [1.82, 2.24) is 0 Å². The van der Waals surface area contributed by atoms with Crippen molar-refractivity contribution in [2.24, 2.45) is 0 Å². The first kappa shape index (κ1) is 12.1. The topological polar surface area (TPSA) is 46.5 Å². The zero-order chi connectivity index (χ0) is 12.0. The number of phenolic OH excluding ortho intramolecular Hbond substituents is 1. The van der Waals surface area contributed by atoms with Crippen molar-refractivity contribution in [3.8, 4) is 17.6 Å². The van der Waals surface area contributed by atoms with Crippen LogP contribution >= 0.6 is 0 Å². The molecule has 3 heteroatoms. The van der Waals surface area contributed by atoms with Crippen LogP contribution in [0.25, 0.3) is 0 Å². The van der Waals surface area contributed by atoms with Gasteiger partial charge in [0.1, 0.15) is 12.2 Å². The molecule has 0 radical (unpaired) electrons. The summed E-state index contributed by atoms with van der Waals surface area (Å²) in [6.07, 6.45) is 0.0910. The molecule has 1 rings (SSSR count). The van der Waals surface area contributed by atoms with Crippen LogP contribution in [0.1, 0.15) is 24.5 Å². The highest BCUT2D eigenvalue weighted by molar-refractivity contribution is 5.72. The third-order valence-corrected chi connectivity index (χ3v) is 1.97. The Morgan fingerprint density at radius 3 is 2.88 bits per heavy atom. The summed E-state index contributed by atoms with van der Waals surface area (Å²) in [4.78, 5) is 11.0. The Bertz CT molecular complexity index is 438. The first-order chi connectivity index (χ1) is 7.63. The lowest BCUT2D eigenvalue weighted by atomic mass is 10.1. The summed E-state index contributed by atoms with van der Waals surface area (Å²) in [6.45, 7) is 3.93. The molecular formula is C13H14O3. The minimum absolute atomic E-state index is 0.0910. The largest absolute Gasteiger partial charge is 0.508 e. The lowest BCUT2D eigenvalue weighted by Gasteiger charge is -1.98. The summed E-state index contributed by atoms with van der Waals surface area (Å²) in [6, 6.07) is 5.07. The Labute approximate surface area is 95.1 Å². The molecule has 0 heterocycles. The van der Waals surface area contributed by atoms with Gasteiger partial charge in [-0.1, -0.05) is 11.8 Å². The van der Waals surface area contributed by atoms with Crippen LogP contribution in [0.2, 0.25) is 0 Å². The lowest BCUT2D eigenvalue weighted by Crippen LogP contribution is -2.01. The monoisotopic (exact) mass is 218 g/mol. The van der Waals surface area contributed by atoms with E-state index in [1.807, 2.05) is 0 Å². The first-order valence-electron chi connectivity index (χ1n) is 5.07. The second-order valence-corrected chi connectivity index (χ2v) is 3.28. The summed E-state index contributed by atoms with van der Waals surface area (Å²) in [5.74, 6) is 5.50. The predicted molar refractivity (Wildman–Crippen MR) is 61.0 cm³/mol. The van der Waals surface area contributed by atoms with Crippen molar-refractivity contribution in [3.63, 3.8) is 0 Å². The smallest absolute Gasteiger partial charge is 0.317 e. The average molecular weight is 218 g/mol. The van der Waals surface area contributed by atoms with E-state index in [4.69, 9.17) is 4.74 Å². The summed E-state index contributed by atoms with van der Waals surface area (Å²) in [7, 11) is 0. The molecule has 0 fully saturated rings. The third kappa shape index (κ3) is 3.66. The van der Waals surface area contributed by atoms with E-state index in [9.17, 15) is 9.90 Å². The van der Waals surface area contributed by atoms with Crippen molar-refractivity contribution in [3.05, 3.63) is 29.3 Å². The fraction of sp³-hybridized carbons (Fsp3) is 0.308. The number of hydrogen-bond acceptors (Lipinski definition) is 3. The molecule has 0 unspecified atom stereocenters. The van der Waals surface area contributed by atoms with Crippen LogP contribution in [0, 0.1) is 18.8 Å². The Balaban J connectivity index is 2.63. The van der Waals surface area contributed by atoms with E-state index in [1.54, 1.807) is 32.0 Å². The Morgan fingerprint density at radius 1 is 1.50 bits per heavy atom. The number of rotatable bonds is 2. The van der Waals surface area contributed by atoms with Gasteiger partial charge >= 0.3 is 5.97 Å². The zero-order valence-electron chi connectivity index (χ0n) is 9.41. The number of aromatic hydroxyl groups is 1. The van der Waals surface area contributed by atoms with E-state index in [0.29, 0.717) is 6.61 Å². The van der Waals surface area contributed by atoms with Gasteiger partial charge in [0.25, 0.3) is 0 Å². The molecule has 0 atom stereocenters. The van der Waals surface area contributed by atoms with Gasteiger partial charge in [-0.25, -0.2) is 0 Å². The lowest BCUT2D eigenvalue weighted by molar-refractivity contribution is -0.141. The van der Waals surface area contributed by atoms with Gasteiger partial charge in [-0.05, 0) is 37.6 Å². The Kier molecular flexibility index (Phi) is 4.41. The molecule has 0 spiro atoms. The first-order valence-corrected chi connectivity index (χ1v) is 5.07. The van der Waals surface area contributed by atoms with Gasteiger partial charge in [0.2, 0.25) is 0 Å². The normalized spacial score (nSPS) is 9.12. The number of benzene rings is 1. The molecule has 0 aliphatic rings. The predicted octanol–water partition coefficient (Wildman–Crippen LogP) is 2.01. The second kappa shape index (κ2) is 5.82. The fourth-order valence-corrected chi connectivity index (χ4v) is 1.16. The molecule has 1 aromatic rings. The van der Waals surface area contributed by atoms with E-state index in [2.05, 4.69) is 11.8 Å². The van der Waals surface area contributed by atoms with Gasteiger partial charge in [0, 0.05) is 5.56 Å². The van der Waals surface area contributed by atoms with Gasteiger partial charge in [-0.2, -0.15) is 0 Å². The number of hydrogen-bond donors (Lipinski definition) is 1. The summed E-state index contributed by atoms with van der Waals surface area (Å²) >= 11 is 0. The molecule has 0 saturated carbocycles. The number of aryl methyl sites for hydroxylation is 1. The quantitative estimate of drug-likeness (QED) is 0.610. The van der Waals surface area contributed by atoms with E-state index >= 15 is 0 Å². The molecule has 0 aromatic heterocycles. The molecule has 0 saturated heterocycles. The Hall–Kier alpha value is -1.95. The number of carbonyl (C=O) groups excluding carboxylic acids is 1. The van der Waals surface area contributed by atoms with Crippen molar-refractivity contribution < 1.29 is 14.6 Å².